The summed E-state index contributed by atoms with van der Waals surface area (Å²) >= 11 is 0. The van der Waals surface area contributed by atoms with Gasteiger partial charge in [0, 0.05) is 6.61 Å². The minimum atomic E-state index is -0.895. The summed E-state index contributed by atoms with van der Waals surface area (Å²) in [5, 5.41) is 2.54. The number of unbranched alkanes of at least 4 members (excludes halogenated alkanes) is 1. The second kappa shape index (κ2) is 10.2. The Bertz CT molecular complexity index is 362. The van der Waals surface area contributed by atoms with Crippen LogP contribution >= 0.6 is 0 Å². The van der Waals surface area contributed by atoms with Gasteiger partial charge in [-0.05, 0) is 40.0 Å². The lowest BCUT2D eigenvalue weighted by atomic mass is 10.1. The molecule has 0 aliphatic heterocycles. The van der Waals surface area contributed by atoms with E-state index in [0.29, 0.717) is 13.0 Å². The van der Waals surface area contributed by atoms with Crippen molar-refractivity contribution in [2.24, 2.45) is 0 Å². The van der Waals surface area contributed by atoms with E-state index in [2.05, 4.69) is 11.9 Å². The minimum Gasteiger partial charge on any atom is -0.467 e. The molecule has 6 heteroatoms. The maximum atomic E-state index is 11.9. The number of allylic oxidation sites excluding steroid dienone is 1. The molecule has 0 saturated carbocycles. The molecule has 0 aliphatic rings. The van der Waals surface area contributed by atoms with E-state index in [1.54, 1.807) is 26.8 Å². The maximum Gasteiger partial charge on any atom is 0.408 e. The highest BCUT2D eigenvalue weighted by molar-refractivity contribution is 5.82. The fourth-order valence-corrected chi connectivity index (χ4v) is 1.78. The zero-order chi connectivity index (χ0) is 17.2. The number of amides is 1. The first-order valence-corrected chi connectivity index (χ1v) is 7.55. The van der Waals surface area contributed by atoms with Gasteiger partial charge in [0.05, 0.1) is 13.2 Å². The second-order valence-corrected chi connectivity index (χ2v) is 5.90. The minimum absolute atomic E-state index is 0.468. The van der Waals surface area contributed by atoms with Gasteiger partial charge in [0.25, 0.3) is 0 Å². The van der Waals surface area contributed by atoms with Crippen molar-refractivity contribution in [1.29, 1.82) is 0 Å². The van der Waals surface area contributed by atoms with Crippen LogP contribution < -0.4 is 5.32 Å². The third-order valence-corrected chi connectivity index (χ3v) is 2.79. The van der Waals surface area contributed by atoms with Crippen LogP contribution in [0.15, 0.2) is 12.7 Å². The SMILES string of the molecule is C=CCCCO[C@@H](CC)[C@H](NC(=O)OC(C)(C)C)C(=O)OC. The van der Waals surface area contributed by atoms with E-state index in [4.69, 9.17) is 14.2 Å². The zero-order valence-corrected chi connectivity index (χ0v) is 14.3. The number of rotatable bonds is 9. The summed E-state index contributed by atoms with van der Waals surface area (Å²) in [7, 11) is 1.27. The lowest BCUT2D eigenvalue weighted by Gasteiger charge is -2.27. The monoisotopic (exact) mass is 315 g/mol. The molecular formula is C16H29NO5. The van der Waals surface area contributed by atoms with Gasteiger partial charge in [-0.25, -0.2) is 9.59 Å². The molecule has 0 saturated heterocycles. The first kappa shape index (κ1) is 20.4. The topological polar surface area (TPSA) is 73.9 Å². The summed E-state index contributed by atoms with van der Waals surface area (Å²) < 4.78 is 15.6. The predicted octanol–water partition coefficient (Wildman–Crippen LogP) is 2.81. The summed E-state index contributed by atoms with van der Waals surface area (Å²) in [6, 6.07) is -0.895. The molecule has 128 valence electrons. The Morgan fingerprint density at radius 3 is 2.41 bits per heavy atom. The average molecular weight is 315 g/mol. The third-order valence-electron chi connectivity index (χ3n) is 2.79. The van der Waals surface area contributed by atoms with E-state index in [0.717, 1.165) is 12.8 Å². The number of alkyl carbamates (subject to hydrolysis) is 1. The third kappa shape index (κ3) is 8.67. The summed E-state index contributed by atoms with van der Waals surface area (Å²) in [5.74, 6) is -0.554. The van der Waals surface area contributed by atoms with Crippen molar-refractivity contribution in [2.75, 3.05) is 13.7 Å². The molecule has 0 spiro atoms. The largest absolute Gasteiger partial charge is 0.467 e. The van der Waals surface area contributed by atoms with E-state index >= 15 is 0 Å². The molecule has 1 N–H and O–H groups in total. The van der Waals surface area contributed by atoms with Gasteiger partial charge in [0.1, 0.15) is 5.60 Å². The fraction of sp³-hybridized carbons (Fsp3) is 0.750. The number of nitrogens with one attached hydrogen (secondary N) is 1. The Kier molecular flexibility index (Phi) is 9.49. The molecule has 0 fully saturated rings. The van der Waals surface area contributed by atoms with Crippen molar-refractivity contribution < 1.29 is 23.8 Å². The van der Waals surface area contributed by atoms with Crippen molar-refractivity contribution in [3.05, 3.63) is 12.7 Å². The smallest absolute Gasteiger partial charge is 0.408 e. The summed E-state index contributed by atoms with van der Waals surface area (Å²) in [4.78, 5) is 23.8. The standard InChI is InChI=1S/C16H29NO5/c1-7-9-10-11-21-12(8-2)13(14(18)20-6)17-15(19)22-16(3,4)5/h7,12-13H,1,8-11H2,2-6H3,(H,17,19)/t12-,13-/m0/s1. The van der Waals surface area contributed by atoms with Crippen molar-refractivity contribution in [1.82, 2.24) is 5.32 Å². The number of hydrogen-bond donors (Lipinski definition) is 1. The maximum absolute atomic E-state index is 11.9. The molecule has 0 radical (unpaired) electrons. The molecule has 0 aromatic carbocycles. The highest BCUT2D eigenvalue weighted by Crippen LogP contribution is 2.11. The molecule has 0 bridgehead atoms. The number of methoxy groups -OCH3 is 1. The number of hydrogen-bond acceptors (Lipinski definition) is 5. The Morgan fingerprint density at radius 1 is 1.32 bits per heavy atom. The molecule has 0 aliphatic carbocycles. The van der Waals surface area contributed by atoms with Gasteiger partial charge in [0.15, 0.2) is 6.04 Å². The Balaban J connectivity index is 4.74. The quantitative estimate of drug-likeness (QED) is 0.402. The van der Waals surface area contributed by atoms with Crippen molar-refractivity contribution >= 4 is 12.1 Å². The lowest BCUT2D eigenvalue weighted by Crippen LogP contribution is -2.51. The number of esters is 1. The van der Waals surface area contributed by atoms with Gasteiger partial charge in [0.2, 0.25) is 0 Å². The highest BCUT2D eigenvalue weighted by Gasteiger charge is 2.32. The van der Waals surface area contributed by atoms with Crippen molar-refractivity contribution in [3.8, 4) is 0 Å². The Labute approximate surface area is 133 Å². The molecule has 2 atom stereocenters. The van der Waals surface area contributed by atoms with E-state index < -0.39 is 29.8 Å². The molecule has 0 aromatic heterocycles. The summed E-state index contributed by atoms with van der Waals surface area (Å²) in [5.41, 5.74) is -0.642. The molecule has 6 nitrogen and oxygen atoms in total. The molecule has 0 heterocycles. The highest BCUT2D eigenvalue weighted by atomic mass is 16.6. The molecule has 0 aromatic rings. The van der Waals surface area contributed by atoms with Crippen molar-refractivity contribution in [2.45, 2.75) is 64.7 Å². The lowest BCUT2D eigenvalue weighted by molar-refractivity contribution is -0.147. The van der Waals surface area contributed by atoms with Gasteiger partial charge in [-0.1, -0.05) is 13.0 Å². The molecule has 1 amide bonds. The Hall–Kier alpha value is -1.56. The van der Waals surface area contributed by atoms with Crippen LogP contribution in [0.1, 0.15) is 47.0 Å². The van der Waals surface area contributed by atoms with Crippen LogP contribution in [-0.4, -0.2) is 43.5 Å². The fourth-order valence-electron chi connectivity index (χ4n) is 1.78. The van der Waals surface area contributed by atoms with Crippen LogP contribution in [0.25, 0.3) is 0 Å². The predicted molar refractivity (Wildman–Crippen MR) is 84.6 cm³/mol. The second-order valence-electron chi connectivity index (χ2n) is 5.90. The van der Waals surface area contributed by atoms with Crippen molar-refractivity contribution in [3.63, 3.8) is 0 Å². The first-order valence-electron chi connectivity index (χ1n) is 7.55. The van der Waals surface area contributed by atoms with Gasteiger partial charge in [-0.2, -0.15) is 0 Å². The van der Waals surface area contributed by atoms with E-state index in [9.17, 15) is 9.59 Å². The van der Waals surface area contributed by atoms with Crippen LogP contribution in [0.4, 0.5) is 4.79 Å². The van der Waals surface area contributed by atoms with E-state index in [1.807, 2.05) is 6.92 Å². The van der Waals surface area contributed by atoms with E-state index in [1.165, 1.54) is 7.11 Å². The number of carbonyl (C=O) groups is 2. The van der Waals surface area contributed by atoms with Crippen LogP contribution in [-0.2, 0) is 19.0 Å². The molecule has 0 unspecified atom stereocenters. The Morgan fingerprint density at radius 2 is 1.95 bits per heavy atom. The average Bonchev–Trinajstić information content (AvgIpc) is 2.43. The van der Waals surface area contributed by atoms with Crippen LogP contribution in [0.3, 0.4) is 0 Å². The van der Waals surface area contributed by atoms with Crippen LogP contribution in [0, 0.1) is 0 Å². The van der Waals surface area contributed by atoms with Crippen LogP contribution in [0.2, 0.25) is 0 Å². The van der Waals surface area contributed by atoms with Gasteiger partial charge in [-0.15, -0.1) is 6.58 Å². The van der Waals surface area contributed by atoms with Gasteiger partial charge >= 0.3 is 12.1 Å². The van der Waals surface area contributed by atoms with E-state index in [-0.39, 0.29) is 0 Å². The summed E-state index contributed by atoms with van der Waals surface area (Å²) in [6.45, 7) is 11.3. The molecule has 22 heavy (non-hydrogen) atoms. The number of carbonyl (C=O) groups excluding carboxylic acids is 2. The van der Waals surface area contributed by atoms with Gasteiger partial charge in [-0.3, -0.25) is 0 Å². The first-order chi connectivity index (χ1) is 10.2. The van der Waals surface area contributed by atoms with Crippen LogP contribution in [0.5, 0.6) is 0 Å². The normalized spacial score (nSPS) is 13.9. The number of ether oxygens (including phenoxy) is 3. The van der Waals surface area contributed by atoms with Gasteiger partial charge < -0.3 is 19.5 Å². The summed E-state index contributed by atoms with van der Waals surface area (Å²) in [6.07, 6.45) is 2.87. The molecular weight excluding hydrogens is 286 g/mol. The molecule has 0 rings (SSSR count). The zero-order valence-electron chi connectivity index (χ0n) is 14.3.